The summed E-state index contributed by atoms with van der Waals surface area (Å²) in [5.41, 5.74) is 6.51. The summed E-state index contributed by atoms with van der Waals surface area (Å²) in [5.74, 6) is 0.465. The second kappa shape index (κ2) is 5.93. The molecule has 0 spiro atoms. The molecule has 1 fully saturated rings. The molecule has 0 atom stereocenters. The van der Waals surface area contributed by atoms with Crippen LogP contribution in [-0.4, -0.2) is 17.0 Å². The van der Waals surface area contributed by atoms with E-state index in [1.54, 1.807) is 18.2 Å². The van der Waals surface area contributed by atoms with Crippen molar-refractivity contribution in [3.8, 4) is 0 Å². The van der Waals surface area contributed by atoms with Gasteiger partial charge in [-0.3, -0.25) is 4.79 Å². The number of amidine groups is 1. The van der Waals surface area contributed by atoms with E-state index in [1.807, 2.05) is 0 Å². The quantitative estimate of drug-likeness (QED) is 0.343. The van der Waals surface area contributed by atoms with Crippen molar-refractivity contribution in [1.82, 2.24) is 0 Å². The summed E-state index contributed by atoms with van der Waals surface area (Å²) in [7, 11) is 0. The van der Waals surface area contributed by atoms with Gasteiger partial charge in [-0.2, -0.15) is 0 Å². The summed E-state index contributed by atoms with van der Waals surface area (Å²) >= 11 is 6.05. The van der Waals surface area contributed by atoms with Crippen LogP contribution in [0.2, 0.25) is 5.02 Å². The van der Waals surface area contributed by atoms with Crippen LogP contribution in [0.3, 0.4) is 0 Å². The van der Waals surface area contributed by atoms with E-state index < -0.39 is 0 Å². The third-order valence-electron chi connectivity index (χ3n) is 3.35. The van der Waals surface area contributed by atoms with Gasteiger partial charge in [0.25, 0.3) is 0 Å². The molecule has 1 amide bonds. The number of hydrogen-bond donors (Lipinski definition) is 3. The van der Waals surface area contributed by atoms with Gasteiger partial charge >= 0.3 is 0 Å². The molecule has 0 saturated heterocycles. The Kier molecular flexibility index (Phi) is 4.27. The summed E-state index contributed by atoms with van der Waals surface area (Å²) in [6, 6.07) is 4.84. The molecule has 1 saturated carbocycles. The van der Waals surface area contributed by atoms with Gasteiger partial charge < -0.3 is 16.3 Å². The number of nitrogens with two attached hydrogens (primary N) is 1. The van der Waals surface area contributed by atoms with Gasteiger partial charge in [0.2, 0.25) is 5.91 Å². The van der Waals surface area contributed by atoms with Crippen LogP contribution in [-0.2, 0) is 4.79 Å². The summed E-state index contributed by atoms with van der Waals surface area (Å²) in [5, 5.41) is 14.6. The fourth-order valence-electron chi connectivity index (χ4n) is 1.99. The van der Waals surface area contributed by atoms with Crippen LogP contribution < -0.4 is 11.1 Å². The molecular formula is C13H16ClN3O2. The lowest BCUT2D eigenvalue weighted by Gasteiger charge is -2.24. The van der Waals surface area contributed by atoms with E-state index in [0.29, 0.717) is 28.6 Å². The Labute approximate surface area is 116 Å². The van der Waals surface area contributed by atoms with E-state index in [0.717, 1.165) is 12.8 Å². The molecule has 19 heavy (non-hydrogen) atoms. The van der Waals surface area contributed by atoms with Crippen molar-refractivity contribution in [2.24, 2.45) is 16.8 Å². The number of oxime groups is 1. The number of hydrogen-bond acceptors (Lipinski definition) is 3. The highest BCUT2D eigenvalue weighted by molar-refractivity contribution is 6.34. The molecule has 102 valence electrons. The lowest BCUT2D eigenvalue weighted by molar-refractivity contribution is -0.117. The Morgan fingerprint density at radius 1 is 1.53 bits per heavy atom. The van der Waals surface area contributed by atoms with Crippen LogP contribution in [0.15, 0.2) is 23.4 Å². The number of nitrogens with one attached hydrogen (secondary N) is 1. The Bertz CT molecular complexity index is 513. The zero-order valence-electron chi connectivity index (χ0n) is 10.4. The topological polar surface area (TPSA) is 87.7 Å². The van der Waals surface area contributed by atoms with E-state index in [4.69, 9.17) is 22.5 Å². The highest BCUT2D eigenvalue weighted by atomic mass is 35.5. The number of carbonyl (C=O) groups is 1. The summed E-state index contributed by atoms with van der Waals surface area (Å²) in [4.78, 5) is 11.8. The zero-order valence-corrected chi connectivity index (χ0v) is 11.2. The maximum Gasteiger partial charge on any atom is 0.224 e. The summed E-state index contributed by atoms with van der Waals surface area (Å²) in [6.07, 6.45) is 4.01. The van der Waals surface area contributed by atoms with Crippen molar-refractivity contribution in [3.63, 3.8) is 0 Å². The molecule has 0 unspecified atom stereocenters. The molecule has 0 bridgehead atoms. The molecule has 1 aromatic rings. The maximum atomic E-state index is 11.8. The third-order valence-corrected chi connectivity index (χ3v) is 3.66. The summed E-state index contributed by atoms with van der Waals surface area (Å²) in [6.45, 7) is 0. The van der Waals surface area contributed by atoms with Crippen LogP contribution in [0.1, 0.15) is 31.2 Å². The molecule has 6 heteroatoms. The van der Waals surface area contributed by atoms with Crippen molar-refractivity contribution in [2.45, 2.75) is 25.7 Å². The predicted molar refractivity (Wildman–Crippen MR) is 74.6 cm³/mol. The average molecular weight is 282 g/mol. The molecule has 4 N–H and O–H groups in total. The number of nitrogens with zero attached hydrogens (tertiary/aromatic N) is 1. The number of amides is 1. The summed E-state index contributed by atoms with van der Waals surface area (Å²) < 4.78 is 0. The average Bonchev–Trinajstić information content (AvgIpc) is 2.35. The largest absolute Gasteiger partial charge is 0.409 e. The van der Waals surface area contributed by atoms with Crippen molar-refractivity contribution in [1.29, 1.82) is 0 Å². The van der Waals surface area contributed by atoms with E-state index in [1.165, 1.54) is 6.42 Å². The second-order valence-corrected chi connectivity index (χ2v) is 5.14. The number of anilines is 1. The molecule has 2 rings (SSSR count). The van der Waals surface area contributed by atoms with Gasteiger partial charge in [-0.25, -0.2) is 0 Å². The normalized spacial score (nSPS) is 15.9. The number of rotatable bonds is 4. The SMILES string of the molecule is N/C(=N/O)c1ccc(NC(=O)CC2CCC2)c(Cl)c1. The highest BCUT2D eigenvalue weighted by Gasteiger charge is 2.21. The Morgan fingerprint density at radius 2 is 2.26 bits per heavy atom. The van der Waals surface area contributed by atoms with E-state index in [2.05, 4.69) is 10.5 Å². The lowest BCUT2D eigenvalue weighted by Crippen LogP contribution is -2.21. The first-order valence-corrected chi connectivity index (χ1v) is 6.55. The van der Waals surface area contributed by atoms with Gasteiger partial charge in [-0.15, -0.1) is 0 Å². The standard InChI is InChI=1S/C13H16ClN3O2/c14-10-7-9(13(15)17-19)4-5-11(10)16-12(18)6-8-2-1-3-8/h4-5,7-8,19H,1-3,6H2,(H2,15,17)(H,16,18). The van der Waals surface area contributed by atoms with Crippen molar-refractivity contribution < 1.29 is 10.0 Å². The Balaban J connectivity index is 2.02. The van der Waals surface area contributed by atoms with Crippen LogP contribution in [0.4, 0.5) is 5.69 Å². The van der Waals surface area contributed by atoms with Crippen LogP contribution in [0.25, 0.3) is 0 Å². The van der Waals surface area contributed by atoms with Crippen molar-refractivity contribution in [3.05, 3.63) is 28.8 Å². The molecule has 0 aliphatic heterocycles. The molecule has 0 radical (unpaired) electrons. The van der Waals surface area contributed by atoms with Crippen molar-refractivity contribution >= 4 is 29.0 Å². The van der Waals surface area contributed by atoms with Gasteiger partial charge in [0.15, 0.2) is 5.84 Å². The maximum absolute atomic E-state index is 11.8. The molecule has 1 aliphatic carbocycles. The van der Waals surface area contributed by atoms with E-state index in [-0.39, 0.29) is 11.7 Å². The molecule has 0 aromatic heterocycles. The van der Waals surface area contributed by atoms with Gasteiger partial charge in [-0.05, 0) is 37.0 Å². The molecule has 0 heterocycles. The first kappa shape index (κ1) is 13.7. The minimum atomic E-state index is -0.0249. The monoisotopic (exact) mass is 281 g/mol. The molecule has 5 nitrogen and oxygen atoms in total. The highest BCUT2D eigenvalue weighted by Crippen LogP contribution is 2.30. The van der Waals surface area contributed by atoms with Gasteiger partial charge in [-0.1, -0.05) is 23.2 Å². The molecule has 1 aliphatic rings. The first-order valence-electron chi connectivity index (χ1n) is 6.17. The lowest BCUT2D eigenvalue weighted by atomic mass is 9.83. The third kappa shape index (κ3) is 3.38. The van der Waals surface area contributed by atoms with Gasteiger partial charge in [0.05, 0.1) is 10.7 Å². The number of halogens is 1. The van der Waals surface area contributed by atoms with Gasteiger partial charge in [0.1, 0.15) is 0 Å². The fraction of sp³-hybridized carbons (Fsp3) is 0.385. The Morgan fingerprint density at radius 3 is 2.79 bits per heavy atom. The van der Waals surface area contributed by atoms with Crippen molar-refractivity contribution in [2.75, 3.05) is 5.32 Å². The second-order valence-electron chi connectivity index (χ2n) is 4.73. The number of carbonyl (C=O) groups excluding carboxylic acids is 1. The Hall–Kier alpha value is -1.75. The van der Waals surface area contributed by atoms with Crippen LogP contribution in [0.5, 0.6) is 0 Å². The first-order chi connectivity index (χ1) is 9.10. The minimum absolute atomic E-state index is 0.0192. The fourth-order valence-corrected chi connectivity index (χ4v) is 2.22. The molecule has 1 aromatic carbocycles. The van der Waals surface area contributed by atoms with Crippen LogP contribution >= 0.6 is 11.6 Å². The number of benzene rings is 1. The smallest absolute Gasteiger partial charge is 0.224 e. The van der Waals surface area contributed by atoms with E-state index in [9.17, 15) is 4.79 Å². The molecular weight excluding hydrogens is 266 g/mol. The van der Waals surface area contributed by atoms with Gasteiger partial charge in [0, 0.05) is 12.0 Å². The van der Waals surface area contributed by atoms with Crippen LogP contribution in [0, 0.1) is 5.92 Å². The van der Waals surface area contributed by atoms with E-state index >= 15 is 0 Å². The minimum Gasteiger partial charge on any atom is -0.409 e. The predicted octanol–water partition coefficient (Wildman–Crippen LogP) is 2.56. The zero-order chi connectivity index (χ0) is 13.8.